The summed E-state index contributed by atoms with van der Waals surface area (Å²) in [7, 11) is -4.84. The predicted octanol–water partition coefficient (Wildman–Crippen LogP) is 3.44. The molecule has 0 saturated carbocycles. The van der Waals surface area contributed by atoms with Crippen LogP contribution in [0, 0.1) is 0 Å². The molecule has 28 heavy (non-hydrogen) atoms. The maximum absolute atomic E-state index is 12.9. The average molecular weight is 464 g/mol. The molecule has 11 heteroatoms. The third-order valence-corrected chi connectivity index (χ3v) is 9.99. The number of halogens is 1. The highest BCUT2D eigenvalue weighted by Crippen LogP contribution is 2.37. The Labute approximate surface area is 175 Å². The molecule has 2 heterocycles. The first-order chi connectivity index (χ1) is 13.1. The van der Waals surface area contributed by atoms with E-state index in [0.717, 1.165) is 36.7 Å². The summed E-state index contributed by atoms with van der Waals surface area (Å²) in [5.74, 6) is 0. The first kappa shape index (κ1) is 21.4. The fourth-order valence-electron chi connectivity index (χ4n) is 3.00. The van der Waals surface area contributed by atoms with E-state index in [9.17, 15) is 16.8 Å². The van der Waals surface area contributed by atoms with Crippen molar-refractivity contribution < 1.29 is 16.8 Å². The van der Waals surface area contributed by atoms with Gasteiger partial charge in [-0.1, -0.05) is 17.7 Å². The van der Waals surface area contributed by atoms with Gasteiger partial charge in [-0.2, -0.15) is 0 Å². The van der Waals surface area contributed by atoms with Crippen LogP contribution in [0.4, 0.5) is 11.4 Å². The van der Waals surface area contributed by atoms with Gasteiger partial charge in [-0.3, -0.25) is 4.72 Å². The van der Waals surface area contributed by atoms with Crippen molar-refractivity contribution in [2.75, 3.05) is 36.8 Å². The highest BCUT2D eigenvalue weighted by molar-refractivity contribution is 7.96. The summed E-state index contributed by atoms with van der Waals surface area (Å²) in [5.41, 5.74) is 1.05. The number of anilines is 2. The molecular weight excluding hydrogens is 442 g/mol. The van der Waals surface area contributed by atoms with E-state index in [0.29, 0.717) is 27.7 Å². The lowest BCUT2D eigenvalue weighted by Crippen LogP contribution is -2.30. The number of nitrogens with zero attached hydrogens (tertiary/aromatic N) is 2. The Morgan fingerprint density at radius 1 is 1.00 bits per heavy atom. The summed E-state index contributed by atoms with van der Waals surface area (Å²) in [6, 6.07) is 7.69. The molecule has 1 N–H and O–H groups in total. The molecule has 154 valence electrons. The zero-order valence-electron chi connectivity index (χ0n) is 15.6. The molecular formula is C17H22ClN3O4S3. The van der Waals surface area contributed by atoms with Crippen molar-refractivity contribution in [2.45, 2.75) is 27.7 Å². The maximum Gasteiger partial charge on any atom is 0.271 e. The third-order valence-electron chi connectivity index (χ3n) is 4.46. The van der Waals surface area contributed by atoms with Crippen molar-refractivity contribution in [3.05, 3.63) is 35.4 Å². The molecule has 7 nitrogen and oxygen atoms in total. The number of thiophene rings is 1. The largest absolute Gasteiger partial charge is 0.369 e. The molecule has 0 aliphatic carbocycles. The standard InChI is InChI=1S/C17H22ClN3O4S3/c1-20(2)28(24,25)16-10-9-15(26-16)27(22,23)19-14-8-6-7-13(18)17(14)21-11-4-3-5-12-21/h6-10,19H,3-5,11-12H2,1-2H3. The van der Waals surface area contributed by atoms with Gasteiger partial charge in [0.2, 0.25) is 0 Å². The van der Waals surface area contributed by atoms with Gasteiger partial charge in [0.05, 0.1) is 16.4 Å². The van der Waals surface area contributed by atoms with Gasteiger partial charge in [0.25, 0.3) is 20.0 Å². The van der Waals surface area contributed by atoms with Crippen LogP contribution in [0.3, 0.4) is 0 Å². The number of hydrogen-bond acceptors (Lipinski definition) is 6. The van der Waals surface area contributed by atoms with E-state index in [1.807, 2.05) is 0 Å². The zero-order chi connectivity index (χ0) is 20.5. The van der Waals surface area contributed by atoms with Crippen LogP contribution >= 0.6 is 22.9 Å². The number of nitrogens with one attached hydrogen (secondary N) is 1. The number of hydrogen-bond donors (Lipinski definition) is 1. The lowest BCUT2D eigenvalue weighted by Gasteiger charge is -2.31. The zero-order valence-corrected chi connectivity index (χ0v) is 18.8. The highest BCUT2D eigenvalue weighted by atomic mass is 35.5. The molecule has 0 spiro atoms. The van der Waals surface area contributed by atoms with Gasteiger partial charge in [-0.15, -0.1) is 11.3 Å². The first-order valence-electron chi connectivity index (χ1n) is 8.71. The Bertz CT molecular complexity index is 1060. The Hall–Kier alpha value is -1.33. The van der Waals surface area contributed by atoms with E-state index in [-0.39, 0.29) is 8.42 Å². The van der Waals surface area contributed by atoms with E-state index in [2.05, 4.69) is 9.62 Å². The van der Waals surface area contributed by atoms with E-state index in [1.165, 1.54) is 26.2 Å². The second kappa shape index (κ2) is 8.19. The first-order valence-corrected chi connectivity index (χ1v) is 12.8. The van der Waals surface area contributed by atoms with Crippen molar-refractivity contribution in [1.29, 1.82) is 0 Å². The van der Waals surface area contributed by atoms with E-state index in [1.54, 1.807) is 18.2 Å². The van der Waals surface area contributed by atoms with Crippen LogP contribution < -0.4 is 9.62 Å². The number of sulfonamides is 2. The average Bonchev–Trinajstić information content (AvgIpc) is 3.14. The van der Waals surface area contributed by atoms with Gasteiger partial charge in [-0.25, -0.2) is 21.1 Å². The normalized spacial score (nSPS) is 15.8. The number of benzene rings is 1. The van der Waals surface area contributed by atoms with E-state index < -0.39 is 20.0 Å². The molecule has 0 unspecified atom stereocenters. The smallest absolute Gasteiger partial charge is 0.271 e. The lowest BCUT2D eigenvalue weighted by atomic mass is 10.1. The van der Waals surface area contributed by atoms with Crippen LogP contribution in [0.2, 0.25) is 5.02 Å². The van der Waals surface area contributed by atoms with Crippen LogP contribution in [0.5, 0.6) is 0 Å². The molecule has 1 aliphatic heterocycles. The summed E-state index contributed by atoms with van der Waals surface area (Å²) < 4.78 is 53.8. The van der Waals surface area contributed by atoms with Crippen molar-refractivity contribution in [2.24, 2.45) is 0 Å². The predicted molar refractivity (Wildman–Crippen MR) is 114 cm³/mol. The number of para-hydroxylation sites is 1. The fourth-order valence-corrected chi connectivity index (χ4v) is 7.29. The van der Waals surface area contributed by atoms with Gasteiger partial charge in [0, 0.05) is 27.2 Å². The molecule has 1 aromatic carbocycles. The number of piperidine rings is 1. The molecule has 1 fully saturated rings. The monoisotopic (exact) mass is 463 g/mol. The van der Waals surface area contributed by atoms with Crippen LogP contribution in [-0.4, -0.2) is 48.3 Å². The molecule has 1 saturated heterocycles. The third kappa shape index (κ3) is 4.30. The molecule has 0 atom stereocenters. The van der Waals surface area contributed by atoms with Gasteiger partial charge >= 0.3 is 0 Å². The molecule has 1 aromatic heterocycles. The minimum absolute atomic E-state index is 0.0276. The van der Waals surface area contributed by atoms with Crippen LogP contribution in [0.25, 0.3) is 0 Å². The second-order valence-electron chi connectivity index (χ2n) is 6.65. The van der Waals surface area contributed by atoms with Crippen molar-refractivity contribution in [1.82, 2.24) is 4.31 Å². The van der Waals surface area contributed by atoms with E-state index in [4.69, 9.17) is 11.6 Å². The van der Waals surface area contributed by atoms with Gasteiger partial charge in [0.1, 0.15) is 8.42 Å². The summed E-state index contributed by atoms with van der Waals surface area (Å²) in [4.78, 5) is 2.08. The van der Waals surface area contributed by atoms with Crippen LogP contribution in [0.1, 0.15) is 19.3 Å². The van der Waals surface area contributed by atoms with Gasteiger partial charge in [0.15, 0.2) is 0 Å². The summed E-state index contributed by atoms with van der Waals surface area (Å²) in [5, 5.41) is 0.476. The molecule has 0 radical (unpaired) electrons. The van der Waals surface area contributed by atoms with Crippen LogP contribution in [-0.2, 0) is 20.0 Å². The minimum atomic E-state index is -3.96. The lowest BCUT2D eigenvalue weighted by molar-refractivity contribution is 0.523. The minimum Gasteiger partial charge on any atom is -0.369 e. The number of rotatable bonds is 6. The Morgan fingerprint density at radius 2 is 1.64 bits per heavy atom. The van der Waals surface area contributed by atoms with Gasteiger partial charge in [-0.05, 0) is 43.5 Å². The summed E-state index contributed by atoms with van der Waals surface area (Å²) >= 11 is 7.09. The fraction of sp³-hybridized carbons (Fsp3) is 0.412. The Morgan fingerprint density at radius 3 is 2.29 bits per heavy atom. The van der Waals surface area contributed by atoms with Crippen molar-refractivity contribution in [3.8, 4) is 0 Å². The van der Waals surface area contributed by atoms with Crippen molar-refractivity contribution >= 4 is 54.4 Å². The molecule has 0 bridgehead atoms. The quantitative estimate of drug-likeness (QED) is 0.709. The molecule has 2 aromatic rings. The maximum atomic E-state index is 12.9. The highest BCUT2D eigenvalue weighted by Gasteiger charge is 2.26. The Kier molecular flexibility index (Phi) is 6.26. The SMILES string of the molecule is CN(C)S(=O)(=O)c1ccc(S(=O)(=O)Nc2cccc(Cl)c2N2CCCCC2)s1. The van der Waals surface area contributed by atoms with Crippen LogP contribution in [0.15, 0.2) is 38.8 Å². The molecule has 1 aliphatic rings. The molecule has 0 amide bonds. The Balaban J connectivity index is 1.94. The second-order valence-corrected chi connectivity index (χ2v) is 12.4. The molecule has 3 rings (SSSR count). The van der Waals surface area contributed by atoms with Crippen molar-refractivity contribution in [3.63, 3.8) is 0 Å². The topological polar surface area (TPSA) is 86.8 Å². The summed E-state index contributed by atoms with van der Waals surface area (Å²) in [6.07, 6.45) is 3.18. The summed E-state index contributed by atoms with van der Waals surface area (Å²) in [6.45, 7) is 1.62. The van der Waals surface area contributed by atoms with E-state index >= 15 is 0 Å². The van der Waals surface area contributed by atoms with Gasteiger partial charge < -0.3 is 4.90 Å².